The highest BCUT2D eigenvalue weighted by molar-refractivity contribution is 9.10. The molecule has 90 valence electrons. The van der Waals surface area contributed by atoms with E-state index in [0.29, 0.717) is 23.0 Å². The Balaban J connectivity index is 2.37. The second kappa shape index (κ2) is 5.47. The lowest BCUT2D eigenvalue weighted by Gasteiger charge is -2.09. The molecule has 2 aromatic rings. The molecule has 0 unspecified atom stereocenters. The molecule has 2 N–H and O–H groups in total. The number of hydrogen-bond acceptors (Lipinski definition) is 5. The summed E-state index contributed by atoms with van der Waals surface area (Å²) in [5.41, 5.74) is 1.27. The third-order valence-electron chi connectivity index (χ3n) is 2.27. The quantitative estimate of drug-likeness (QED) is 0.912. The van der Waals surface area contributed by atoms with Gasteiger partial charge in [0.2, 0.25) is 5.95 Å². The Labute approximate surface area is 113 Å². The Kier molecular flexibility index (Phi) is 3.75. The zero-order chi connectivity index (χ0) is 13.0. The van der Waals surface area contributed by atoms with E-state index < -0.39 is 0 Å². The van der Waals surface area contributed by atoms with Gasteiger partial charge in [0.1, 0.15) is 11.9 Å². The maximum absolute atomic E-state index is 9.02. The number of hydrogen-bond donors (Lipinski definition) is 2. The molecule has 0 fully saturated rings. The van der Waals surface area contributed by atoms with Crippen LogP contribution in [0.25, 0.3) is 0 Å². The fourth-order valence-electron chi connectivity index (χ4n) is 1.39. The minimum Gasteiger partial charge on any atom is -0.357 e. The van der Waals surface area contributed by atoms with E-state index in [-0.39, 0.29) is 0 Å². The molecule has 0 bridgehead atoms. The summed E-state index contributed by atoms with van der Waals surface area (Å²) >= 11 is 3.37. The van der Waals surface area contributed by atoms with Gasteiger partial charge in [0.15, 0.2) is 0 Å². The number of anilines is 3. The van der Waals surface area contributed by atoms with Gasteiger partial charge in [-0.1, -0.05) is 12.1 Å². The number of halogens is 1. The second-order valence-corrected chi connectivity index (χ2v) is 4.28. The summed E-state index contributed by atoms with van der Waals surface area (Å²) in [6, 6.07) is 9.37. The summed E-state index contributed by atoms with van der Waals surface area (Å²) in [6.45, 7) is 0. The van der Waals surface area contributed by atoms with Crippen LogP contribution in [0.2, 0.25) is 0 Å². The number of benzene rings is 1. The van der Waals surface area contributed by atoms with Crippen molar-refractivity contribution in [3.05, 3.63) is 40.5 Å². The molecular formula is C12H10BrN5. The zero-order valence-electron chi connectivity index (χ0n) is 9.61. The third-order valence-corrected chi connectivity index (χ3v) is 2.85. The monoisotopic (exact) mass is 303 g/mol. The van der Waals surface area contributed by atoms with Crippen LogP contribution in [0.3, 0.4) is 0 Å². The van der Waals surface area contributed by atoms with Gasteiger partial charge in [-0.3, -0.25) is 0 Å². The van der Waals surface area contributed by atoms with E-state index in [1.165, 1.54) is 0 Å². The largest absolute Gasteiger partial charge is 0.357 e. The molecule has 0 aliphatic heterocycles. The molecule has 0 aliphatic rings. The van der Waals surface area contributed by atoms with Gasteiger partial charge in [0.25, 0.3) is 0 Å². The van der Waals surface area contributed by atoms with E-state index in [1.807, 2.05) is 18.2 Å². The topological polar surface area (TPSA) is 73.6 Å². The van der Waals surface area contributed by atoms with Crippen molar-refractivity contribution in [1.29, 1.82) is 5.26 Å². The predicted molar refractivity (Wildman–Crippen MR) is 73.7 cm³/mol. The molecule has 1 aromatic carbocycles. The Hall–Kier alpha value is -2.13. The van der Waals surface area contributed by atoms with Crippen LogP contribution in [0.1, 0.15) is 5.56 Å². The standard InChI is InChI=1S/C12H10BrN5/c1-15-12-16-7-9(13)11(18-12)17-10-5-3-2-4-8(10)6-14/h2-5,7H,1H3,(H2,15,16,17,18). The van der Waals surface area contributed by atoms with E-state index in [2.05, 4.69) is 42.6 Å². The number of nitrogens with zero attached hydrogens (tertiary/aromatic N) is 3. The zero-order valence-corrected chi connectivity index (χ0v) is 11.2. The van der Waals surface area contributed by atoms with Crippen LogP contribution in [0.15, 0.2) is 34.9 Å². The normalized spacial score (nSPS) is 9.61. The number of aromatic nitrogens is 2. The van der Waals surface area contributed by atoms with Crippen molar-refractivity contribution in [2.75, 3.05) is 17.7 Å². The lowest BCUT2D eigenvalue weighted by molar-refractivity contribution is 1.14. The van der Waals surface area contributed by atoms with E-state index in [1.54, 1.807) is 19.3 Å². The van der Waals surface area contributed by atoms with Crippen molar-refractivity contribution in [1.82, 2.24) is 9.97 Å². The van der Waals surface area contributed by atoms with Gasteiger partial charge >= 0.3 is 0 Å². The van der Waals surface area contributed by atoms with Crippen LogP contribution < -0.4 is 10.6 Å². The smallest absolute Gasteiger partial charge is 0.224 e. The molecule has 2 rings (SSSR count). The Morgan fingerprint density at radius 2 is 2.11 bits per heavy atom. The minimum atomic E-state index is 0.509. The minimum absolute atomic E-state index is 0.509. The number of nitriles is 1. The van der Waals surface area contributed by atoms with Crippen LogP contribution in [0.5, 0.6) is 0 Å². The van der Waals surface area contributed by atoms with Crippen LogP contribution in [-0.2, 0) is 0 Å². The van der Waals surface area contributed by atoms with Gasteiger partial charge in [-0.25, -0.2) is 4.98 Å². The second-order valence-electron chi connectivity index (χ2n) is 3.42. The van der Waals surface area contributed by atoms with Crippen molar-refractivity contribution in [3.8, 4) is 6.07 Å². The SMILES string of the molecule is CNc1ncc(Br)c(Nc2ccccc2C#N)n1. The van der Waals surface area contributed by atoms with Gasteiger partial charge < -0.3 is 10.6 Å². The lowest BCUT2D eigenvalue weighted by Crippen LogP contribution is -2.02. The molecule has 0 radical (unpaired) electrons. The van der Waals surface area contributed by atoms with Crippen LogP contribution in [0, 0.1) is 11.3 Å². The van der Waals surface area contributed by atoms with E-state index >= 15 is 0 Å². The van der Waals surface area contributed by atoms with Gasteiger partial charge in [-0.15, -0.1) is 0 Å². The first-order valence-corrected chi connectivity index (χ1v) is 6.00. The van der Waals surface area contributed by atoms with Crippen LogP contribution in [-0.4, -0.2) is 17.0 Å². The fraction of sp³-hybridized carbons (Fsp3) is 0.0833. The number of rotatable bonds is 3. The van der Waals surface area contributed by atoms with Crippen molar-refractivity contribution >= 4 is 33.4 Å². The van der Waals surface area contributed by atoms with Crippen molar-refractivity contribution in [3.63, 3.8) is 0 Å². The fourth-order valence-corrected chi connectivity index (χ4v) is 1.68. The van der Waals surface area contributed by atoms with Gasteiger partial charge in [-0.2, -0.15) is 10.2 Å². The summed E-state index contributed by atoms with van der Waals surface area (Å²) in [5, 5.41) is 15.0. The maximum atomic E-state index is 9.02. The lowest BCUT2D eigenvalue weighted by atomic mass is 10.2. The van der Waals surface area contributed by atoms with Gasteiger partial charge in [0, 0.05) is 13.2 Å². The first-order chi connectivity index (χ1) is 8.74. The molecule has 0 saturated carbocycles. The van der Waals surface area contributed by atoms with E-state index in [9.17, 15) is 0 Å². The summed E-state index contributed by atoms with van der Waals surface area (Å²) in [4.78, 5) is 8.34. The summed E-state index contributed by atoms with van der Waals surface area (Å²) in [6.07, 6.45) is 1.65. The highest BCUT2D eigenvalue weighted by Crippen LogP contribution is 2.25. The molecule has 0 saturated heterocycles. The van der Waals surface area contributed by atoms with Crippen molar-refractivity contribution < 1.29 is 0 Å². The molecule has 18 heavy (non-hydrogen) atoms. The van der Waals surface area contributed by atoms with E-state index in [4.69, 9.17) is 5.26 Å². The molecule has 5 nitrogen and oxygen atoms in total. The van der Waals surface area contributed by atoms with Gasteiger partial charge in [0.05, 0.1) is 15.7 Å². The predicted octanol–water partition coefficient (Wildman–Crippen LogP) is 2.90. The summed E-state index contributed by atoms with van der Waals surface area (Å²) < 4.78 is 0.731. The van der Waals surface area contributed by atoms with E-state index in [0.717, 1.165) is 4.47 Å². The average molecular weight is 304 g/mol. The number of para-hydroxylation sites is 1. The first-order valence-electron chi connectivity index (χ1n) is 5.21. The van der Waals surface area contributed by atoms with Gasteiger partial charge in [-0.05, 0) is 28.1 Å². The van der Waals surface area contributed by atoms with Crippen LogP contribution >= 0.6 is 15.9 Å². The highest BCUT2D eigenvalue weighted by atomic mass is 79.9. The molecule has 0 atom stereocenters. The van der Waals surface area contributed by atoms with Crippen molar-refractivity contribution in [2.45, 2.75) is 0 Å². The molecular weight excluding hydrogens is 294 g/mol. The Bertz CT molecular complexity index is 606. The molecule has 1 aromatic heterocycles. The molecule has 0 spiro atoms. The molecule has 1 heterocycles. The average Bonchev–Trinajstić information content (AvgIpc) is 2.42. The Morgan fingerprint density at radius 3 is 2.83 bits per heavy atom. The molecule has 6 heteroatoms. The summed E-state index contributed by atoms with van der Waals surface area (Å²) in [5.74, 6) is 1.12. The summed E-state index contributed by atoms with van der Waals surface area (Å²) in [7, 11) is 1.75. The first kappa shape index (κ1) is 12.3. The van der Waals surface area contributed by atoms with Crippen molar-refractivity contribution in [2.24, 2.45) is 0 Å². The number of nitrogens with one attached hydrogen (secondary N) is 2. The van der Waals surface area contributed by atoms with Crippen LogP contribution in [0.4, 0.5) is 17.5 Å². The Morgan fingerprint density at radius 1 is 1.33 bits per heavy atom. The maximum Gasteiger partial charge on any atom is 0.224 e. The third kappa shape index (κ3) is 2.57. The molecule has 0 aliphatic carbocycles. The molecule has 0 amide bonds. The highest BCUT2D eigenvalue weighted by Gasteiger charge is 2.07.